The Morgan fingerprint density at radius 3 is 2.55 bits per heavy atom. The molecule has 4 nitrogen and oxygen atoms in total. The zero-order valence-electron chi connectivity index (χ0n) is 12.2. The van der Waals surface area contributed by atoms with E-state index < -0.39 is 0 Å². The Morgan fingerprint density at radius 1 is 1.15 bits per heavy atom. The molecule has 20 heavy (non-hydrogen) atoms. The molecule has 1 aromatic carbocycles. The Balaban J connectivity index is 1.82. The monoisotopic (exact) mass is 276 g/mol. The van der Waals surface area contributed by atoms with Crippen molar-refractivity contribution >= 4 is 11.4 Å². The number of para-hydroxylation sites is 2. The molecular weight excluding hydrogens is 252 g/mol. The summed E-state index contributed by atoms with van der Waals surface area (Å²) in [5.74, 6) is 0. The van der Waals surface area contributed by atoms with Crippen LogP contribution in [0.4, 0.5) is 11.4 Å². The molecule has 2 aliphatic heterocycles. The van der Waals surface area contributed by atoms with E-state index in [-0.39, 0.29) is 12.0 Å². The molecule has 110 valence electrons. The van der Waals surface area contributed by atoms with E-state index in [4.69, 9.17) is 4.74 Å². The quantitative estimate of drug-likeness (QED) is 0.912. The molecule has 0 atom stereocenters. The summed E-state index contributed by atoms with van der Waals surface area (Å²) in [6.45, 7) is 4.79. The number of aliphatic hydroxyl groups excluding tert-OH is 1. The number of ether oxygens (including phenoxy) is 1. The second-order valence-electron chi connectivity index (χ2n) is 6.10. The van der Waals surface area contributed by atoms with Gasteiger partial charge in [0.25, 0.3) is 0 Å². The Morgan fingerprint density at radius 2 is 1.85 bits per heavy atom. The summed E-state index contributed by atoms with van der Waals surface area (Å²) in [5, 5.41) is 9.88. The van der Waals surface area contributed by atoms with E-state index in [0.717, 1.165) is 45.7 Å². The molecule has 2 aliphatic rings. The molecule has 3 rings (SSSR count). The maximum Gasteiger partial charge on any atom is 0.0604 e. The van der Waals surface area contributed by atoms with Crippen molar-refractivity contribution in [3.05, 3.63) is 24.3 Å². The van der Waals surface area contributed by atoms with Gasteiger partial charge in [-0.2, -0.15) is 0 Å². The highest BCUT2D eigenvalue weighted by Gasteiger charge is 2.35. The second kappa shape index (κ2) is 5.62. The third-order valence-corrected chi connectivity index (χ3v) is 4.75. The molecule has 0 spiro atoms. The molecule has 0 aliphatic carbocycles. The van der Waals surface area contributed by atoms with Gasteiger partial charge in [0.1, 0.15) is 0 Å². The summed E-state index contributed by atoms with van der Waals surface area (Å²) in [7, 11) is 2.15. The molecule has 0 unspecified atom stereocenters. The summed E-state index contributed by atoms with van der Waals surface area (Å²) >= 11 is 0. The van der Waals surface area contributed by atoms with Crippen molar-refractivity contribution in [1.82, 2.24) is 0 Å². The van der Waals surface area contributed by atoms with Gasteiger partial charge in [-0.3, -0.25) is 0 Å². The number of aliphatic hydroxyl groups is 1. The lowest BCUT2D eigenvalue weighted by Gasteiger charge is -2.44. The number of fused-ring (bicyclic) bond motifs is 1. The van der Waals surface area contributed by atoms with Gasteiger partial charge in [-0.25, -0.2) is 0 Å². The molecule has 0 aromatic heterocycles. The van der Waals surface area contributed by atoms with Gasteiger partial charge in [0.2, 0.25) is 0 Å². The molecule has 1 saturated heterocycles. The molecule has 0 amide bonds. The van der Waals surface area contributed by atoms with Crippen LogP contribution in [0.25, 0.3) is 0 Å². The van der Waals surface area contributed by atoms with E-state index in [1.165, 1.54) is 11.4 Å². The van der Waals surface area contributed by atoms with E-state index >= 15 is 0 Å². The lowest BCUT2D eigenvalue weighted by atomic mass is 9.80. The van der Waals surface area contributed by atoms with Gasteiger partial charge < -0.3 is 19.6 Å². The van der Waals surface area contributed by atoms with Crippen LogP contribution in [0, 0.1) is 5.41 Å². The largest absolute Gasteiger partial charge is 0.396 e. The van der Waals surface area contributed by atoms with E-state index in [1.54, 1.807) is 0 Å². The van der Waals surface area contributed by atoms with Crippen molar-refractivity contribution in [2.45, 2.75) is 12.8 Å². The molecule has 0 radical (unpaired) electrons. The molecule has 0 saturated carbocycles. The Labute approximate surface area is 120 Å². The first-order valence-electron chi connectivity index (χ1n) is 7.48. The predicted octanol–water partition coefficient (Wildman–Crippen LogP) is 1.73. The maximum absolute atomic E-state index is 9.88. The highest BCUT2D eigenvalue weighted by Crippen LogP contribution is 2.37. The van der Waals surface area contributed by atoms with Gasteiger partial charge in [-0.05, 0) is 25.0 Å². The average molecular weight is 276 g/mol. The van der Waals surface area contributed by atoms with Crippen molar-refractivity contribution in [2.24, 2.45) is 5.41 Å². The van der Waals surface area contributed by atoms with E-state index in [0.29, 0.717) is 0 Å². The summed E-state index contributed by atoms with van der Waals surface area (Å²) in [6, 6.07) is 8.56. The molecular formula is C16H24N2O2. The third kappa shape index (κ3) is 2.50. The molecule has 1 aromatic rings. The highest BCUT2D eigenvalue weighted by molar-refractivity contribution is 5.73. The van der Waals surface area contributed by atoms with E-state index in [9.17, 15) is 5.11 Å². The van der Waals surface area contributed by atoms with E-state index in [1.807, 2.05) is 0 Å². The number of nitrogens with zero attached hydrogens (tertiary/aromatic N) is 2. The Bertz CT molecular complexity index is 458. The van der Waals surface area contributed by atoms with Crippen LogP contribution >= 0.6 is 0 Å². The molecule has 1 fully saturated rings. The first-order valence-corrected chi connectivity index (χ1v) is 7.48. The fraction of sp³-hybridized carbons (Fsp3) is 0.625. The third-order valence-electron chi connectivity index (χ3n) is 4.75. The minimum Gasteiger partial charge on any atom is -0.396 e. The number of likely N-dealkylation sites (N-methyl/N-ethyl adjacent to an activating group) is 1. The van der Waals surface area contributed by atoms with Gasteiger partial charge in [0.15, 0.2) is 0 Å². The van der Waals surface area contributed by atoms with Crippen LogP contribution in [0.5, 0.6) is 0 Å². The van der Waals surface area contributed by atoms with Crippen LogP contribution < -0.4 is 9.80 Å². The van der Waals surface area contributed by atoms with Crippen LogP contribution in [0.1, 0.15) is 12.8 Å². The molecule has 0 bridgehead atoms. The number of anilines is 2. The van der Waals surface area contributed by atoms with Gasteiger partial charge >= 0.3 is 0 Å². The predicted molar refractivity (Wildman–Crippen MR) is 81.5 cm³/mol. The zero-order valence-corrected chi connectivity index (χ0v) is 12.2. The second-order valence-corrected chi connectivity index (χ2v) is 6.10. The molecule has 2 heterocycles. The number of benzene rings is 1. The van der Waals surface area contributed by atoms with Gasteiger partial charge in [-0.1, -0.05) is 12.1 Å². The highest BCUT2D eigenvalue weighted by atomic mass is 16.5. The minimum atomic E-state index is 0.00126. The lowest BCUT2D eigenvalue weighted by Crippen LogP contribution is -2.48. The Hall–Kier alpha value is -1.26. The fourth-order valence-corrected chi connectivity index (χ4v) is 3.31. The smallest absolute Gasteiger partial charge is 0.0604 e. The first-order chi connectivity index (χ1) is 9.74. The summed E-state index contributed by atoms with van der Waals surface area (Å²) in [4.78, 5) is 4.75. The standard InChI is InChI=1S/C16H24N2O2/c1-17-8-9-18(15-5-3-2-4-14(15)17)12-16(13-19)6-10-20-11-7-16/h2-5,19H,6-13H2,1H3. The van der Waals surface area contributed by atoms with Crippen LogP contribution in [0.2, 0.25) is 0 Å². The van der Waals surface area contributed by atoms with Crippen LogP contribution in [-0.4, -0.2) is 51.6 Å². The SMILES string of the molecule is CN1CCN(CC2(CO)CCOCC2)c2ccccc21. The van der Waals surface area contributed by atoms with E-state index in [2.05, 4.69) is 41.1 Å². The number of rotatable bonds is 3. The van der Waals surface area contributed by atoms with Gasteiger partial charge in [0.05, 0.1) is 18.0 Å². The topological polar surface area (TPSA) is 35.9 Å². The van der Waals surface area contributed by atoms with Crippen molar-refractivity contribution in [1.29, 1.82) is 0 Å². The van der Waals surface area contributed by atoms with Gasteiger partial charge in [-0.15, -0.1) is 0 Å². The van der Waals surface area contributed by atoms with Crippen LogP contribution in [0.15, 0.2) is 24.3 Å². The number of hydrogen-bond acceptors (Lipinski definition) is 4. The molecule has 1 N–H and O–H groups in total. The normalized spacial score (nSPS) is 21.7. The average Bonchev–Trinajstić information content (AvgIpc) is 2.51. The lowest BCUT2D eigenvalue weighted by molar-refractivity contribution is -0.0118. The molecule has 4 heteroatoms. The first kappa shape index (κ1) is 13.7. The maximum atomic E-state index is 9.88. The fourth-order valence-electron chi connectivity index (χ4n) is 3.31. The Kier molecular flexibility index (Phi) is 3.85. The van der Waals surface area contributed by atoms with Crippen LogP contribution in [0.3, 0.4) is 0 Å². The van der Waals surface area contributed by atoms with Crippen molar-refractivity contribution in [3.8, 4) is 0 Å². The summed E-state index contributed by atoms with van der Waals surface area (Å²) in [5.41, 5.74) is 2.58. The summed E-state index contributed by atoms with van der Waals surface area (Å²) < 4.78 is 5.46. The van der Waals surface area contributed by atoms with Crippen molar-refractivity contribution < 1.29 is 9.84 Å². The van der Waals surface area contributed by atoms with Gasteiger partial charge in [0, 0.05) is 45.3 Å². The van der Waals surface area contributed by atoms with Crippen molar-refractivity contribution in [2.75, 3.05) is 56.3 Å². The van der Waals surface area contributed by atoms with Crippen molar-refractivity contribution in [3.63, 3.8) is 0 Å². The zero-order chi connectivity index (χ0) is 14.0. The minimum absolute atomic E-state index is 0.00126. The summed E-state index contributed by atoms with van der Waals surface area (Å²) in [6.07, 6.45) is 1.91. The number of hydrogen-bond donors (Lipinski definition) is 1. The van der Waals surface area contributed by atoms with Crippen LogP contribution in [-0.2, 0) is 4.74 Å².